The summed E-state index contributed by atoms with van der Waals surface area (Å²) in [4.78, 5) is 13.0. The number of pyridine rings is 1. The minimum Gasteiger partial charge on any atom is -0.383 e. The number of rotatable bonds is 4. The molecule has 0 spiro atoms. The molecule has 0 radical (unpaired) electrons. The van der Waals surface area contributed by atoms with Crippen molar-refractivity contribution >= 4 is 27.6 Å². The number of aliphatic imine (C=N–C) groups is 1. The van der Waals surface area contributed by atoms with Crippen LogP contribution in [0.5, 0.6) is 0 Å². The molecule has 9 rings (SSSR count). The number of hydrogen-bond acceptors (Lipinski definition) is 3. The van der Waals surface area contributed by atoms with Crippen LogP contribution in [0.25, 0.3) is 38.8 Å². The first-order valence-corrected chi connectivity index (χ1v) is 18.9. The molecule has 4 nitrogen and oxygen atoms in total. The molecule has 7 aromatic rings. The van der Waals surface area contributed by atoms with E-state index in [2.05, 4.69) is 180 Å². The van der Waals surface area contributed by atoms with Crippen LogP contribution >= 0.6 is 0 Å². The first kappa shape index (κ1) is 36.2. The van der Waals surface area contributed by atoms with Crippen molar-refractivity contribution in [2.45, 2.75) is 84.8 Å². The number of nitrogens with zero attached hydrogens (tertiary/aromatic N) is 4. The van der Waals surface area contributed by atoms with Gasteiger partial charge in [-0.05, 0) is 74.4 Å². The summed E-state index contributed by atoms with van der Waals surface area (Å²) in [5.74, 6) is 1.01. The summed E-state index contributed by atoms with van der Waals surface area (Å²) in [6.45, 7) is 18.8. The molecule has 5 heteroatoms. The molecule has 0 unspecified atom stereocenters. The fourth-order valence-corrected chi connectivity index (χ4v) is 8.35. The van der Waals surface area contributed by atoms with Gasteiger partial charge >= 0.3 is 21.1 Å². The Morgan fingerprint density at radius 3 is 2.22 bits per heavy atom. The molecule has 0 fully saturated rings. The molecule has 4 heterocycles. The van der Waals surface area contributed by atoms with Gasteiger partial charge in [0.05, 0.1) is 12.1 Å². The molecule has 5 aromatic carbocycles. The zero-order valence-corrected chi connectivity index (χ0v) is 34.6. The summed E-state index contributed by atoms with van der Waals surface area (Å²) in [6.07, 6.45) is 1.94. The number of benzene rings is 5. The summed E-state index contributed by atoms with van der Waals surface area (Å²) in [5.41, 5.74) is 15.0. The largest absolute Gasteiger partial charge is 2.00 e. The molecule has 2 aromatic heterocycles. The van der Waals surface area contributed by atoms with E-state index in [4.69, 9.17) is 9.98 Å². The Bertz CT molecular complexity index is 2600. The van der Waals surface area contributed by atoms with Gasteiger partial charge in [0, 0.05) is 24.1 Å². The quantitative estimate of drug-likeness (QED) is 0.165. The molecule has 2 aliphatic heterocycles. The predicted octanol–water partition coefficient (Wildman–Crippen LogP) is 11.7. The molecule has 0 N–H and O–H groups in total. The van der Waals surface area contributed by atoms with Crippen LogP contribution in [0, 0.1) is 26.0 Å². The van der Waals surface area contributed by atoms with E-state index in [9.17, 15) is 0 Å². The second-order valence-corrected chi connectivity index (χ2v) is 17.1. The summed E-state index contributed by atoms with van der Waals surface area (Å²) in [5, 5.41) is 2.40. The van der Waals surface area contributed by atoms with Crippen molar-refractivity contribution in [3.05, 3.63) is 166 Å². The van der Waals surface area contributed by atoms with Crippen molar-refractivity contribution in [2.75, 3.05) is 0 Å². The molecule has 2 aliphatic rings. The average Bonchev–Trinajstić information content (AvgIpc) is 3.79. The van der Waals surface area contributed by atoms with E-state index in [-0.39, 0.29) is 44.0 Å². The molecule has 272 valence electrons. The van der Waals surface area contributed by atoms with Gasteiger partial charge < -0.3 is 19.4 Å². The van der Waals surface area contributed by atoms with Crippen LogP contribution in [0.3, 0.4) is 0 Å². The molecular formula is C49H46N4Pt. The standard InChI is InChI=1S/C49H46N4.Pt/c1-30-18-19-43-40(22-30)41-23-31(2)39(42-27-35(20-21-50-42)48(3,4)5)28-44(41)53(43)37-25-34(24-36(26-37)49(6,7)8)47-51-45(32-14-10-9-11-15-32)46-38-17-13-12-16-33(38)29-52(46)47;/h9-24,26-27,45-46H,29H2,1-8H3;/q-2;+2/t45-,46+;/m1./s1. The number of amidine groups is 1. The molecule has 2 atom stereocenters. The first-order chi connectivity index (χ1) is 25.3. The maximum absolute atomic E-state index is 5.57. The maximum Gasteiger partial charge on any atom is 2.00 e. The smallest absolute Gasteiger partial charge is 0.383 e. The number of aromatic nitrogens is 2. The van der Waals surface area contributed by atoms with E-state index in [1.54, 1.807) is 0 Å². The van der Waals surface area contributed by atoms with Gasteiger partial charge in [-0.15, -0.1) is 52.6 Å². The van der Waals surface area contributed by atoms with E-state index in [0.29, 0.717) is 0 Å². The Hall–Kier alpha value is -4.79. The summed E-state index contributed by atoms with van der Waals surface area (Å²) >= 11 is 0. The number of hydrogen-bond donors (Lipinski definition) is 0. The molecule has 0 bridgehead atoms. The van der Waals surface area contributed by atoms with Gasteiger partial charge in [0.1, 0.15) is 0 Å². The predicted molar refractivity (Wildman–Crippen MR) is 219 cm³/mol. The van der Waals surface area contributed by atoms with Gasteiger partial charge in [-0.3, -0.25) is 0 Å². The molecular weight excluding hydrogens is 840 g/mol. The summed E-state index contributed by atoms with van der Waals surface area (Å²) in [6, 6.07) is 45.8. The van der Waals surface area contributed by atoms with Gasteiger partial charge in [-0.25, -0.2) is 0 Å². The second-order valence-electron chi connectivity index (χ2n) is 17.1. The van der Waals surface area contributed by atoms with Gasteiger partial charge in [0.25, 0.3) is 0 Å². The van der Waals surface area contributed by atoms with Gasteiger partial charge in [-0.1, -0.05) is 132 Å². The van der Waals surface area contributed by atoms with E-state index in [1.165, 1.54) is 44.2 Å². The van der Waals surface area contributed by atoms with E-state index < -0.39 is 0 Å². The molecule has 0 amide bonds. The van der Waals surface area contributed by atoms with Crippen LogP contribution in [0.2, 0.25) is 0 Å². The zero-order valence-electron chi connectivity index (χ0n) is 32.4. The molecule has 54 heavy (non-hydrogen) atoms. The van der Waals surface area contributed by atoms with E-state index >= 15 is 0 Å². The normalized spacial score (nSPS) is 16.7. The Kier molecular flexibility index (Phi) is 8.85. The first-order valence-electron chi connectivity index (χ1n) is 18.9. The van der Waals surface area contributed by atoms with Crippen LogP contribution in [-0.4, -0.2) is 20.3 Å². The Morgan fingerprint density at radius 2 is 1.46 bits per heavy atom. The third-order valence-electron chi connectivity index (χ3n) is 11.3. The molecule has 0 saturated carbocycles. The third kappa shape index (κ3) is 6.04. The van der Waals surface area contributed by atoms with Crippen molar-refractivity contribution in [1.29, 1.82) is 0 Å². The zero-order chi connectivity index (χ0) is 36.8. The monoisotopic (exact) mass is 885 g/mol. The Labute approximate surface area is 334 Å². The van der Waals surface area contributed by atoms with Crippen LogP contribution in [0.15, 0.2) is 114 Å². The number of aryl methyl sites for hydroxylation is 2. The van der Waals surface area contributed by atoms with Crippen molar-refractivity contribution in [3.63, 3.8) is 0 Å². The SMILES string of the molecule is Cc1ccc2c(c1)c1cc(C)c(-c3cc(C(C)(C)C)ccn3)[c-]c1n2-c1[c-]c(C2=N[C@H](c3ccccc3)[C@@H]3c4ccccc4CN23)cc(C(C)(C)C)c1.[Pt+2]. The van der Waals surface area contributed by atoms with Gasteiger partial charge in [0.15, 0.2) is 0 Å². The van der Waals surface area contributed by atoms with Crippen LogP contribution < -0.4 is 0 Å². The fraction of sp³-hybridized carbons (Fsp3) is 0.265. The summed E-state index contributed by atoms with van der Waals surface area (Å²) < 4.78 is 2.37. The van der Waals surface area contributed by atoms with E-state index in [0.717, 1.165) is 51.5 Å². The van der Waals surface area contributed by atoms with E-state index in [1.807, 2.05) is 6.20 Å². The fourth-order valence-electron chi connectivity index (χ4n) is 8.35. The second kappa shape index (κ2) is 13.2. The van der Waals surface area contributed by atoms with Crippen LogP contribution in [0.1, 0.15) is 98.1 Å². The Morgan fingerprint density at radius 1 is 0.722 bits per heavy atom. The minimum atomic E-state index is -0.109. The van der Waals surface area contributed by atoms with Crippen molar-refractivity contribution in [2.24, 2.45) is 4.99 Å². The third-order valence-corrected chi connectivity index (χ3v) is 11.3. The van der Waals surface area contributed by atoms with Crippen molar-refractivity contribution < 1.29 is 21.1 Å². The maximum atomic E-state index is 5.57. The van der Waals surface area contributed by atoms with Crippen molar-refractivity contribution in [1.82, 2.24) is 14.5 Å². The molecule has 0 saturated heterocycles. The Balaban J connectivity index is 0.00000413. The minimum absolute atomic E-state index is 0. The summed E-state index contributed by atoms with van der Waals surface area (Å²) in [7, 11) is 0. The topological polar surface area (TPSA) is 33.4 Å². The van der Waals surface area contributed by atoms with Gasteiger partial charge in [0.2, 0.25) is 0 Å². The molecule has 0 aliphatic carbocycles. The van der Waals surface area contributed by atoms with Gasteiger partial charge in [-0.2, -0.15) is 0 Å². The van der Waals surface area contributed by atoms with Crippen LogP contribution in [0.4, 0.5) is 0 Å². The van der Waals surface area contributed by atoms with Crippen LogP contribution in [-0.2, 0) is 38.4 Å². The number of fused-ring (bicyclic) bond motifs is 6. The average molecular weight is 886 g/mol. The van der Waals surface area contributed by atoms with Crippen molar-refractivity contribution in [3.8, 4) is 16.9 Å².